The second-order valence-corrected chi connectivity index (χ2v) is 4.73. The van der Waals surface area contributed by atoms with Gasteiger partial charge < -0.3 is 15.4 Å². The Bertz CT molecular complexity index is 635. The highest BCUT2D eigenvalue weighted by molar-refractivity contribution is 6.04. The Morgan fingerprint density at radius 3 is 2.75 bits per heavy atom. The van der Waals surface area contributed by atoms with Gasteiger partial charge in [-0.05, 0) is 54.4 Å². The van der Waals surface area contributed by atoms with E-state index in [1.165, 1.54) is 5.56 Å². The topological polar surface area (TPSA) is 50.4 Å². The molecule has 0 atom stereocenters. The first-order valence-corrected chi connectivity index (χ1v) is 6.58. The Hall–Kier alpha value is -2.49. The van der Waals surface area contributed by atoms with Crippen molar-refractivity contribution < 1.29 is 9.53 Å². The summed E-state index contributed by atoms with van der Waals surface area (Å²) in [5, 5.41) is 6.17. The van der Waals surface area contributed by atoms with Crippen LogP contribution in [0, 0.1) is 0 Å². The summed E-state index contributed by atoms with van der Waals surface area (Å²) >= 11 is 0. The summed E-state index contributed by atoms with van der Waals surface area (Å²) in [6, 6.07) is 13.1. The van der Waals surface area contributed by atoms with Crippen LogP contribution in [-0.4, -0.2) is 19.6 Å². The third-order valence-electron chi connectivity index (χ3n) is 3.43. The number of amides is 1. The van der Waals surface area contributed by atoms with Crippen LogP contribution < -0.4 is 15.4 Å². The van der Waals surface area contributed by atoms with Gasteiger partial charge in [-0.2, -0.15) is 0 Å². The van der Waals surface area contributed by atoms with E-state index in [0.717, 1.165) is 30.1 Å². The van der Waals surface area contributed by atoms with Crippen LogP contribution in [0.4, 0.5) is 11.4 Å². The number of methoxy groups -OCH3 is 1. The minimum atomic E-state index is -0.0927. The molecule has 2 N–H and O–H groups in total. The molecule has 4 nitrogen and oxygen atoms in total. The number of carbonyl (C=O) groups excluding carboxylic acids is 1. The van der Waals surface area contributed by atoms with Crippen LogP contribution in [0.15, 0.2) is 42.5 Å². The van der Waals surface area contributed by atoms with Gasteiger partial charge in [-0.15, -0.1) is 0 Å². The van der Waals surface area contributed by atoms with Crippen molar-refractivity contribution in [3.8, 4) is 5.75 Å². The monoisotopic (exact) mass is 268 g/mol. The van der Waals surface area contributed by atoms with Crippen molar-refractivity contribution in [2.75, 3.05) is 24.3 Å². The first kappa shape index (κ1) is 12.5. The van der Waals surface area contributed by atoms with Gasteiger partial charge in [-0.1, -0.05) is 0 Å². The maximum absolute atomic E-state index is 12.2. The third kappa shape index (κ3) is 2.45. The van der Waals surface area contributed by atoms with E-state index in [2.05, 4.69) is 10.6 Å². The molecule has 2 aromatic carbocycles. The molecule has 1 aliphatic heterocycles. The molecule has 3 rings (SSSR count). The number of rotatable bonds is 3. The quantitative estimate of drug-likeness (QED) is 0.900. The van der Waals surface area contributed by atoms with E-state index < -0.39 is 0 Å². The molecule has 1 heterocycles. The highest BCUT2D eigenvalue weighted by Crippen LogP contribution is 2.23. The summed E-state index contributed by atoms with van der Waals surface area (Å²) in [4.78, 5) is 12.2. The molecule has 2 aromatic rings. The molecule has 0 fully saturated rings. The Balaban J connectivity index is 1.75. The van der Waals surface area contributed by atoms with Gasteiger partial charge in [-0.3, -0.25) is 4.79 Å². The van der Waals surface area contributed by atoms with Gasteiger partial charge in [0.1, 0.15) is 5.75 Å². The lowest BCUT2D eigenvalue weighted by molar-refractivity contribution is 0.102. The fraction of sp³-hybridized carbons (Fsp3) is 0.188. The Morgan fingerprint density at radius 2 is 2.00 bits per heavy atom. The van der Waals surface area contributed by atoms with Crippen molar-refractivity contribution in [1.29, 1.82) is 0 Å². The molecule has 102 valence electrons. The number of hydrogen-bond acceptors (Lipinski definition) is 3. The first-order valence-electron chi connectivity index (χ1n) is 6.58. The largest absolute Gasteiger partial charge is 0.497 e. The zero-order valence-corrected chi connectivity index (χ0v) is 11.3. The van der Waals surface area contributed by atoms with Gasteiger partial charge in [-0.25, -0.2) is 0 Å². The van der Waals surface area contributed by atoms with Gasteiger partial charge in [0.25, 0.3) is 5.91 Å². The van der Waals surface area contributed by atoms with Crippen LogP contribution in [-0.2, 0) is 6.42 Å². The molecule has 0 aromatic heterocycles. The number of hydrogen-bond donors (Lipinski definition) is 2. The van der Waals surface area contributed by atoms with Crippen LogP contribution in [0.5, 0.6) is 5.75 Å². The van der Waals surface area contributed by atoms with Gasteiger partial charge in [0.2, 0.25) is 0 Å². The van der Waals surface area contributed by atoms with Gasteiger partial charge in [0.05, 0.1) is 7.11 Å². The number of benzene rings is 2. The summed E-state index contributed by atoms with van der Waals surface area (Å²) in [5.41, 5.74) is 3.77. The number of anilines is 2. The molecule has 0 unspecified atom stereocenters. The van der Waals surface area contributed by atoms with Crippen molar-refractivity contribution in [3.05, 3.63) is 53.6 Å². The van der Waals surface area contributed by atoms with E-state index in [1.807, 2.05) is 42.5 Å². The Labute approximate surface area is 117 Å². The lowest BCUT2D eigenvalue weighted by Crippen LogP contribution is -2.12. The van der Waals surface area contributed by atoms with Crippen molar-refractivity contribution in [2.24, 2.45) is 0 Å². The molecule has 0 spiro atoms. The molecular formula is C16H16N2O2. The number of ether oxygens (including phenoxy) is 1. The fourth-order valence-electron chi connectivity index (χ4n) is 2.32. The van der Waals surface area contributed by atoms with E-state index in [0.29, 0.717) is 5.56 Å². The highest BCUT2D eigenvalue weighted by Gasteiger charge is 2.13. The smallest absolute Gasteiger partial charge is 0.255 e. The summed E-state index contributed by atoms with van der Waals surface area (Å²) in [5.74, 6) is 0.677. The SMILES string of the molecule is COc1ccc(NC(=O)c2ccc3c(c2)CCN3)cc1. The minimum absolute atomic E-state index is 0.0927. The molecule has 1 aliphatic rings. The predicted molar refractivity (Wildman–Crippen MR) is 79.6 cm³/mol. The standard InChI is InChI=1S/C16H16N2O2/c1-20-14-5-3-13(4-6-14)18-16(19)12-2-7-15-11(10-12)8-9-17-15/h2-7,10,17H,8-9H2,1H3,(H,18,19). The maximum atomic E-state index is 12.2. The molecular weight excluding hydrogens is 252 g/mol. The van der Waals surface area contributed by atoms with Crippen molar-refractivity contribution >= 4 is 17.3 Å². The number of carbonyl (C=O) groups is 1. The van der Waals surface area contributed by atoms with Crippen molar-refractivity contribution in [3.63, 3.8) is 0 Å². The second-order valence-electron chi connectivity index (χ2n) is 4.73. The Morgan fingerprint density at radius 1 is 1.20 bits per heavy atom. The molecule has 4 heteroatoms. The molecule has 0 saturated heterocycles. The second kappa shape index (κ2) is 5.25. The molecule has 1 amide bonds. The van der Waals surface area contributed by atoms with Crippen LogP contribution in [0.2, 0.25) is 0 Å². The van der Waals surface area contributed by atoms with E-state index >= 15 is 0 Å². The van der Waals surface area contributed by atoms with Gasteiger partial charge >= 0.3 is 0 Å². The minimum Gasteiger partial charge on any atom is -0.497 e. The molecule has 20 heavy (non-hydrogen) atoms. The third-order valence-corrected chi connectivity index (χ3v) is 3.43. The van der Waals surface area contributed by atoms with E-state index in [9.17, 15) is 4.79 Å². The summed E-state index contributed by atoms with van der Waals surface area (Å²) in [7, 11) is 1.62. The van der Waals surface area contributed by atoms with Crippen LogP contribution in [0.1, 0.15) is 15.9 Å². The summed E-state index contributed by atoms with van der Waals surface area (Å²) in [6.45, 7) is 0.943. The zero-order chi connectivity index (χ0) is 13.9. The average molecular weight is 268 g/mol. The molecule has 0 aliphatic carbocycles. The van der Waals surface area contributed by atoms with E-state index in [4.69, 9.17) is 4.74 Å². The van der Waals surface area contributed by atoms with Gasteiger partial charge in [0, 0.05) is 23.5 Å². The summed E-state index contributed by atoms with van der Waals surface area (Å²) < 4.78 is 5.09. The van der Waals surface area contributed by atoms with Gasteiger partial charge in [0.15, 0.2) is 0 Å². The highest BCUT2D eigenvalue weighted by atomic mass is 16.5. The average Bonchev–Trinajstić information content (AvgIpc) is 2.95. The fourth-order valence-corrected chi connectivity index (χ4v) is 2.32. The normalized spacial score (nSPS) is 12.4. The predicted octanol–water partition coefficient (Wildman–Crippen LogP) is 2.92. The lowest BCUT2D eigenvalue weighted by atomic mass is 10.1. The molecule has 0 radical (unpaired) electrons. The van der Waals surface area contributed by atoms with E-state index in [-0.39, 0.29) is 5.91 Å². The number of nitrogens with one attached hydrogen (secondary N) is 2. The molecule has 0 bridgehead atoms. The van der Waals surface area contributed by atoms with E-state index in [1.54, 1.807) is 7.11 Å². The zero-order valence-electron chi connectivity index (χ0n) is 11.3. The Kier molecular flexibility index (Phi) is 3.29. The summed E-state index contributed by atoms with van der Waals surface area (Å²) in [6.07, 6.45) is 0.971. The van der Waals surface area contributed by atoms with Crippen molar-refractivity contribution in [1.82, 2.24) is 0 Å². The number of fused-ring (bicyclic) bond motifs is 1. The van der Waals surface area contributed by atoms with Crippen LogP contribution in [0.3, 0.4) is 0 Å². The molecule has 0 saturated carbocycles. The maximum Gasteiger partial charge on any atom is 0.255 e. The van der Waals surface area contributed by atoms with Crippen LogP contribution in [0.25, 0.3) is 0 Å². The van der Waals surface area contributed by atoms with Crippen molar-refractivity contribution in [2.45, 2.75) is 6.42 Å². The lowest BCUT2D eigenvalue weighted by Gasteiger charge is -2.07. The van der Waals surface area contributed by atoms with Crippen LogP contribution >= 0.6 is 0 Å². The first-order chi connectivity index (χ1) is 9.76.